The molecule has 0 fully saturated rings. The van der Waals surface area contributed by atoms with Gasteiger partial charge in [0.2, 0.25) is 0 Å². The van der Waals surface area contributed by atoms with Gasteiger partial charge in [0, 0.05) is 0 Å². The van der Waals surface area contributed by atoms with E-state index in [-0.39, 0.29) is 15.5 Å². The third kappa shape index (κ3) is 3.19. The van der Waals surface area contributed by atoms with Crippen LogP contribution in [0.1, 0.15) is 21.1 Å². The van der Waals surface area contributed by atoms with Crippen molar-refractivity contribution in [2.24, 2.45) is 0 Å². The fraction of sp³-hybridized carbons (Fsp3) is 0.167. The Balaban J connectivity index is 2.37. The summed E-state index contributed by atoms with van der Waals surface area (Å²) < 4.78 is 40.2. The molecule has 0 saturated heterocycles. The highest BCUT2D eigenvalue weighted by atomic mass is 32.2. The van der Waals surface area contributed by atoms with Crippen LogP contribution in [-0.2, 0) is 10.0 Å². The molecule has 0 unspecified atom stereocenters. The number of aromatic carboxylic acids is 1. The van der Waals surface area contributed by atoms with Gasteiger partial charge in [-0.05, 0) is 32.0 Å². The number of thiazole rings is 1. The fourth-order valence-corrected chi connectivity index (χ4v) is 4.24. The van der Waals surface area contributed by atoms with Crippen LogP contribution < -0.4 is 4.72 Å². The van der Waals surface area contributed by atoms with Gasteiger partial charge in [-0.3, -0.25) is 4.72 Å². The number of aryl methyl sites for hydroxylation is 2. The number of anilines is 1. The molecule has 2 rings (SSSR count). The lowest BCUT2D eigenvalue weighted by Crippen LogP contribution is -2.14. The number of halogens is 1. The van der Waals surface area contributed by atoms with Crippen LogP contribution in [0, 0.1) is 19.7 Å². The summed E-state index contributed by atoms with van der Waals surface area (Å²) in [6.45, 7) is 3.21. The number of hydrogen-bond acceptors (Lipinski definition) is 5. The highest BCUT2D eigenvalue weighted by Gasteiger charge is 2.22. The summed E-state index contributed by atoms with van der Waals surface area (Å²) in [6, 6.07) is 2.94. The lowest BCUT2D eigenvalue weighted by Gasteiger charge is -2.08. The summed E-state index contributed by atoms with van der Waals surface area (Å²) in [5, 5.41) is 9.32. The van der Waals surface area contributed by atoms with Gasteiger partial charge < -0.3 is 5.11 Å². The quantitative estimate of drug-likeness (QED) is 0.897. The maximum absolute atomic E-state index is 13.8. The molecule has 1 aromatic carbocycles. The van der Waals surface area contributed by atoms with Gasteiger partial charge in [-0.15, -0.1) is 11.3 Å². The maximum Gasteiger partial charge on any atom is 0.335 e. The number of nitrogens with zero attached hydrogens (tertiary/aromatic N) is 1. The molecule has 2 aromatic rings. The topological polar surface area (TPSA) is 96.4 Å². The second-order valence-electron chi connectivity index (χ2n) is 4.21. The van der Waals surface area contributed by atoms with E-state index in [9.17, 15) is 17.6 Å². The molecule has 0 bridgehead atoms. The van der Waals surface area contributed by atoms with E-state index in [1.54, 1.807) is 13.8 Å². The molecule has 0 radical (unpaired) electrons. The molecule has 0 amide bonds. The number of carbonyl (C=O) groups is 1. The van der Waals surface area contributed by atoms with Crippen LogP contribution >= 0.6 is 11.3 Å². The Morgan fingerprint density at radius 2 is 2.05 bits per heavy atom. The van der Waals surface area contributed by atoms with Crippen molar-refractivity contribution in [2.45, 2.75) is 18.1 Å². The maximum atomic E-state index is 13.8. The molecule has 0 aliphatic rings. The Labute approximate surface area is 124 Å². The second-order valence-corrected chi connectivity index (χ2v) is 7.29. The van der Waals surface area contributed by atoms with Crippen molar-refractivity contribution >= 4 is 33.0 Å². The zero-order valence-corrected chi connectivity index (χ0v) is 12.7. The molecule has 21 heavy (non-hydrogen) atoms. The van der Waals surface area contributed by atoms with Crippen molar-refractivity contribution in [1.29, 1.82) is 0 Å². The average Bonchev–Trinajstić information content (AvgIpc) is 2.71. The minimum atomic E-state index is -3.96. The van der Waals surface area contributed by atoms with Gasteiger partial charge in [0.25, 0.3) is 10.0 Å². The molecule has 9 heteroatoms. The van der Waals surface area contributed by atoms with Crippen LogP contribution in [0.25, 0.3) is 0 Å². The molecule has 6 nitrogen and oxygen atoms in total. The molecule has 0 aliphatic carbocycles. The van der Waals surface area contributed by atoms with E-state index in [2.05, 4.69) is 9.71 Å². The molecular weight excluding hydrogens is 319 g/mol. The van der Waals surface area contributed by atoms with E-state index in [4.69, 9.17) is 5.11 Å². The molecule has 0 atom stereocenters. The zero-order chi connectivity index (χ0) is 15.8. The van der Waals surface area contributed by atoms with Gasteiger partial charge in [-0.2, -0.15) is 0 Å². The van der Waals surface area contributed by atoms with Crippen molar-refractivity contribution in [3.05, 3.63) is 40.3 Å². The number of aromatic nitrogens is 1. The molecule has 0 aliphatic heterocycles. The minimum Gasteiger partial charge on any atom is -0.478 e. The van der Waals surface area contributed by atoms with Gasteiger partial charge in [0.1, 0.15) is 5.82 Å². The van der Waals surface area contributed by atoms with E-state index < -0.39 is 21.8 Å². The van der Waals surface area contributed by atoms with Crippen molar-refractivity contribution in [3.8, 4) is 0 Å². The van der Waals surface area contributed by atoms with Gasteiger partial charge in [0.15, 0.2) is 4.21 Å². The van der Waals surface area contributed by atoms with E-state index in [0.29, 0.717) is 10.7 Å². The molecule has 0 spiro atoms. The smallest absolute Gasteiger partial charge is 0.335 e. The van der Waals surface area contributed by atoms with Crippen molar-refractivity contribution in [3.63, 3.8) is 0 Å². The number of hydrogen-bond donors (Lipinski definition) is 2. The summed E-state index contributed by atoms with van der Waals surface area (Å²) in [7, 11) is -3.96. The Morgan fingerprint density at radius 3 is 2.52 bits per heavy atom. The molecule has 1 aromatic heterocycles. The van der Waals surface area contributed by atoms with E-state index in [1.165, 1.54) is 0 Å². The first-order chi connectivity index (χ1) is 9.70. The van der Waals surface area contributed by atoms with Gasteiger partial charge in [-0.25, -0.2) is 22.6 Å². The Morgan fingerprint density at radius 1 is 1.38 bits per heavy atom. The highest BCUT2D eigenvalue weighted by Crippen LogP contribution is 2.26. The first kappa shape index (κ1) is 15.4. The first-order valence-electron chi connectivity index (χ1n) is 5.70. The number of sulfonamides is 1. The summed E-state index contributed by atoms with van der Waals surface area (Å²) in [5.74, 6) is -2.26. The Hall–Kier alpha value is -2.00. The van der Waals surface area contributed by atoms with Crippen LogP contribution in [0.5, 0.6) is 0 Å². The SMILES string of the molecule is Cc1nc(C)c(S(=O)(=O)Nc2ccc(C(=O)O)cc2F)s1. The van der Waals surface area contributed by atoms with E-state index in [0.717, 1.165) is 29.5 Å². The third-order valence-corrected chi connectivity index (χ3v) is 5.61. The van der Waals surface area contributed by atoms with Crippen molar-refractivity contribution < 1.29 is 22.7 Å². The lowest BCUT2D eigenvalue weighted by atomic mass is 10.2. The van der Waals surface area contributed by atoms with Crippen LogP contribution in [0.4, 0.5) is 10.1 Å². The Kier molecular flexibility index (Phi) is 3.97. The second kappa shape index (κ2) is 5.41. The molecule has 2 N–H and O–H groups in total. The number of nitrogens with one attached hydrogen (secondary N) is 1. The van der Waals surface area contributed by atoms with Gasteiger partial charge >= 0.3 is 5.97 Å². The van der Waals surface area contributed by atoms with Crippen molar-refractivity contribution in [1.82, 2.24) is 4.98 Å². The summed E-state index contributed by atoms with van der Waals surface area (Å²) in [4.78, 5) is 14.7. The summed E-state index contributed by atoms with van der Waals surface area (Å²) in [5.41, 5.74) is -0.252. The van der Waals surface area contributed by atoms with Gasteiger partial charge in [0.05, 0.1) is 22.0 Å². The van der Waals surface area contributed by atoms with Crippen LogP contribution in [-0.4, -0.2) is 24.5 Å². The molecular formula is C12H11FN2O4S2. The minimum absolute atomic E-state index is 0.00158. The lowest BCUT2D eigenvalue weighted by molar-refractivity contribution is 0.0696. The van der Waals surface area contributed by atoms with Crippen LogP contribution in [0.2, 0.25) is 0 Å². The largest absolute Gasteiger partial charge is 0.478 e. The average molecular weight is 330 g/mol. The molecule has 1 heterocycles. The normalized spacial score (nSPS) is 11.4. The summed E-state index contributed by atoms with van der Waals surface area (Å²) >= 11 is 0.976. The van der Waals surface area contributed by atoms with Crippen molar-refractivity contribution in [2.75, 3.05) is 4.72 Å². The molecule has 0 saturated carbocycles. The number of carboxylic acid groups (broad SMARTS) is 1. The van der Waals surface area contributed by atoms with E-state index in [1.807, 2.05) is 0 Å². The van der Waals surface area contributed by atoms with Crippen LogP contribution in [0.15, 0.2) is 22.4 Å². The zero-order valence-electron chi connectivity index (χ0n) is 11.0. The predicted octanol–water partition coefficient (Wildman–Crippen LogP) is 2.40. The molecule has 112 valence electrons. The summed E-state index contributed by atoms with van der Waals surface area (Å²) in [6.07, 6.45) is 0. The highest BCUT2D eigenvalue weighted by molar-refractivity contribution is 7.94. The standard InChI is InChI=1S/C12H11FN2O4S2/c1-6-12(20-7(2)14-6)21(18,19)15-10-4-3-8(11(16)17)5-9(10)13/h3-5,15H,1-2H3,(H,16,17). The van der Waals surface area contributed by atoms with E-state index >= 15 is 0 Å². The number of carboxylic acids is 1. The monoisotopic (exact) mass is 330 g/mol. The van der Waals surface area contributed by atoms with Gasteiger partial charge in [-0.1, -0.05) is 0 Å². The fourth-order valence-electron chi connectivity index (χ4n) is 1.68. The number of benzene rings is 1. The Bertz CT molecular complexity index is 815. The number of rotatable bonds is 4. The first-order valence-corrected chi connectivity index (χ1v) is 8.00. The third-order valence-electron chi connectivity index (χ3n) is 2.57. The van der Waals surface area contributed by atoms with Crippen LogP contribution in [0.3, 0.4) is 0 Å². The predicted molar refractivity (Wildman–Crippen MR) is 75.8 cm³/mol.